The molecule has 1 unspecified atom stereocenters. The highest BCUT2D eigenvalue weighted by molar-refractivity contribution is 7.99. The number of hydrogen-bond acceptors (Lipinski definition) is 7. The van der Waals surface area contributed by atoms with E-state index in [4.69, 9.17) is 0 Å². The van der Waals surface area contributed by atoms with Crippen LogP contribution in [-0.2, 0) is 0 Å². The molecule has 136 valence electrons. The first-order valence-corrected chi connectivity index (χ1v) is 9.72. The summed E-state index contributed by atoms with van der Waals surface area (Å²) in [7, 11) is 0. The van der Waals surface area contributed by atoms with Gasteiger partial charge in [0.15, 0.2) is 11.5 Å². The van der Waals surface area contributed by atoms with Gasteiger partial charge in [-0.3, -0.25) is 0 Å². The second kappa shape index (κ2) is 5.77. The van der Waals surface area contributed by atoms with E-state index in [1.165, 1.54) is 0 Å². The standard InChI is InChI=1S/C19H14N8S/c1-11-6-2-4-8-13(11)16-20-22-19-27(16)23-18(28-19)14-10-12-7-3-5-9-15(12)26-17(14)21-24-25-26/h2-10,18,23H,1H3. The van der Waals surface area contributed by atoms with Gasteiger partial charge in [-0.15, -0.1) is 15.3 Å². The number of tetrazole rings is 1. The SMILES string of the molecule is Cc1ccccc1-c1nnc2n1NC(c1cc3ccccc3n3nnnc13)S2. The van der Waals surface area contributed by atoms with Crippen LogP contribution in [0.4, 0.5) is 0 Å². The summed E-state index contributed by atoms with van der Waals surface area (Å²) in [4.78, 5) is 0. The number of aromatic nitrogens is 7. The molecule has 3 aromatic heterocycles. The molecule has 9 heteroatoms. The Morgan fingerprint density at radius 3 is 2.79 bits per heavy atom. The molecule has 1 N–H and O–H groups in total. The summed E-state index contributed by atoms with van der Waals surface area (Å²) in [5.41, 5.74) is 8.46. The molecule has 6 rings (SSSR count). The van der Waals surface area contributed by atoms with Crippen molar-refractivity contribution in [1.29, 1.82) is 0 Å². The van der Waals surface area contributed by atoms with Crippen LogP contribution in [0.5, 0.6) is 0 Å². The van der Waals surface area contributed by atoms with Crippen LogP contribution in [0.1, 0.15) is 16.5 Å². The highest BCUT2D eigenvalue weighted by atomic mass is 32.2. The number of fused-ring (bicyclic) bond motifs is 4. The fourth-order valence-electron chi connectivity index (χ4n) is 3.60. The fraction of sp³-hybridized carbons (Fsp3) is 0.105. The number of nitrogens with one attached hydrogen (secondary N) is 1. The van der Waals surface area contributed by atoms with E-state index in [1.807, 2.05) is 35.0 Å². The summed E-state index contributed by atoms with van der Waals surface area (Å²) in [6.07, 6.45) is 0. The lowest BCUT2D eigenvalue weighted by atomic mass is 10.1. The summed E-state index contributed by atoms with van der Waals surface area (Å²) in [6.45, 7) is 2.07. The lowest BCUT2D eigenvalue weighted by Gasteiger charge is -2.14. The molecule has 4 heterocycles. The molecule has 0 bridgehead atoms. The van der Waals surface area contributed by atoms with Crippen molar-refractivity contribution in [2.45, 2.75) is 17.5 Å². The number of benzene rings is 2. The van der Waals surface area contributed by atoms with E-state index in [-0.39, 0.29) is 5.37 Å². The van der Waals surface area contributed by atoms with Crippen LogP contribution < -0.4 is 5.43 Å². The highest BCUT2D eigenvalue weighted by Gasteiger charge is 2.31. The Balaban J connectivity index is 1.47. The van der Waals surface area contributed by atoms with Gasteiger partial charge in [0.2, 0.25) is 5.16 Å². The quantitative estimate of drug-likeness (QED) is 0.499. The van der Waals surface area contributed by atoms with Crippen molar-refractivity contribution in [3.63, 3.8) is 0 Å². The van der Waals surface area contributed by atoms with Crippen molar-refractivity contribution in [3.05, 3.63) is 65.7 Å². The molecule has 8 nitrogen and oxygen atoms in total. The second-order valence-corrected chi connectivity index (χ2v) is 7.73. The molecule has 0 spiro atoms. The normalized spacial score (nSPS) is 15.8. The predicted octanol–water partition coefficient (Wildman–Crippen LogP) is 3.19. The average molecular weight is 386 g/mol. The first-order chi connectivity index (χ1) is 13.8. The summed E-state index contributed by atoms with van der Waals surface area (Å²) >= 11 is 1.61. The second-order valence-electron chi connectivity index (χ2n) is 6.66. The maximum absolute atomic E-state index is 4.38. The van der Waals surface area contributed by atoms with E-state index < -0.39 is 0 Å². The third-order valence-electron chi connectivity index (χ3n) is 4.98. The molecular formula is C19H14N8S. The zero-order valence-corrected chi connectivity index (χ0v) is 15.6. The maximum Gasteiger partial charge on any atom is 0.212 e. The van der Waals surface area contributed by atoms with Crippen LogP contribution >= 0.6 is 11.8 Å². The van der Waals surface area contributed by atoms with Gasteiger partial charge in [-0.1, -0.05) is 54.2 Å². The molecule has 28 heavy (non-hydrogen) atoms. The van der Waals surface area contributed by atoms with Gasteiger partial charge >= 0.3 is 0 Å². The summed E-state index contributed by atoms with van der Waals surface area (Å²) in [6, 6.07) is 18.4. The average Bonchev–Trinajstić information content (AvgIpc) is 3.44. The van der Waals surface area contributed by atoms with Gasteiger partial charge in [-0.2, -0.15) is 4.52 Å². The maximum atomic E-state index is 4.38. The Bertz CT molecular complexity index is 1350. The van der Waals surface area contributed by atoms with Crippen molar-refractivity contribution in [2.24, 2.45) is 0 Å². The number of aryl methyl sites for hydroxylation is 1. The predicted molar refractivity (Wildman–Crippen MR) is 106 cm³/mol. The monoisotopic (exact) mass is 386 g/mol. The molecule has 2 aromatic carbocycles. The minimum Gasteiger partial charge on any atom is -0.304 e. The Morgan fingerprint density at radius 1 is 1.00 bits per heavy atom. The molecule has 1 atom stereocenters. The van der Waals surface area contributed by atoms with Gasteiger partial charge in [-0.05, 0) is 35.0 Å². The van der Waals surface area contributed by atoms with Crippen molar-refractivity contribution in [3.8, 4) is 11.4 Å². The van der Waals surface area contributed by atoms with Crippen LogP contribution in [0.25, 0.3) is 27.9 Å². The number of thioether (sulfide) groups is 1. The molecule has 0 fully saturated rings. The van der Waals surface area contributed by atoms with Gasteiger partial charge in [0.25, 0.3) is 0 Å². The minimum absolute atomic E-state index is 0.0635. The molecule has 0 amide bonds. The molecule has 0 aliphatic carbocycles. The summed E-state index contributed by atoms with van der Waals surface area (Å²) in [5.74, 6) is 0.805. The Kier molecular flexibility index (Phi) is 3.21. The summed E-state index contributed by atoms with van der Waals surface area (Å²) in [5, 5.41) is 22.9. The van der Waals surface area contributed by atoms with E-state index in [0.717, 1.165) is 44.2 Å². The molecule has 0 saturated heterocycles. The van der Waals surface area contributed by atoms with E-state index >= 15 is 0 Å². The zero-order valence-electron chi connectivity index (χ0n) is 14.8. The smallest absolute Gasteiger partial charge is 0.212 e. The number of pyridine rings is 1. The topological polar surface area (TPSA) is 85.8 Å². The fourth-order valence-corrected chi connectivity index (χ4v) is 4.60. The largest absolute Gasteiger partial charge is 0.304 e. The zero-order chi connectivity index (χ0) is 18.7. The van der Waals surface area contributed by atoms with Crippen molar-refractivity contribution < 1.29 is 0 Å². The van der Waals surface area contributed by atoms with Crippen molar-refractivity contribution >= 4 is 28.3 Å². The minimum atomic E-state index is -0.0635. The number of nitrogens with zero attached hydrogens (tertiary/aromatic N) is 7. The van der Waals surface area contributed by atoms with Crippen LogP contribution in [0.15, 0.2) is 59.8 Å². The van der Waals surface area contributed by atoms with E-state index in [0.29, 0.717) is 0 Å². The van der Waals surface area contributed by atoms with Crippen molar-refractivity contribution in [2.75, 3.05) is 5.43 Å². The Labute approximate surface area is 163 Å². The third kappa shape index (κ3) is 2.16. The van der Waals surface area contributed by atoms with E-state index in [9.17, 15) is 0 Å². The lowest BCUT2D eigenvalue weighted by Crippen LogP contribution is -2.15. The van der Waals surface area contributed by atoms with E-state index in [1.54, 1.807) is 16.3 Å². The lowest BCUT2D eigenvalue weighted by molar-refractivity contribution is 0.791. The number of rotatable bonds is 2. The molecule has 1 aliphatic heterocycles. The van der Waals surface area contributed by atoms with E-state index in [2.05, 4.69) is 62.3 Å². The molecule has 5 aromatic rings. The number of hydrogen-bond donors (Lipinski definition) is 1. The Hall–Kier alpha value is -3.46. The first kappa shape index (κ1) is 15.6. The summed E-state index contributed by atoms with van der Waals surface area (Å²) < 4.78 is 3.74. The van der Waals surface area contributed by atoms with Gasteiger partial charge in [-0.25, -0.2) is 4.68 Å². The first-order valence-electron chi connectivity index (χ1n) is 8.84. The third-order valence-corrected chi connectivity index (χ3v) is 6.05. The van der Waals surface area contributed by atoms with Gasteiger partial charge in [0.1, 0.15) is 5.37 Å². The van der Waals surface area contributed by atoms with Crippen molar-refractivity contribution in [1.82, 2.24) is 34.9 Å². The highest BCUT2D eigenvalue weighted by Crippen LogP contribution is 2.42. The molecular weight excluding hydrogens is 372 g/mol. The van der Waals surface area contributed by atoms with Crippen LogP contribution in [0.3, 0.4) is 0 Å². The number of para-hydroxylation sites is 1. The van der Waals surface area contributed by atoms with Gasteiger partial charge < -0.3 is 5.43 Å². The van der Waals surface area contributed by atoms with Crippen LogP contribution in [-0.4, -0.2) is 34.9 Å². The molecule has 0 radical (unpaired) electrons. The molecule has 0 saturated carbocycles. The van der Waals surface area contributed by atoms with Gasteiger partial charge in [0.05, 0.1) is 5.52 Å². The van der Waals surface area contributed by atoms with Gasteiger partial charge in [0, 0.05) is 16.5 Å². The van der Waals surface area contributed by atoms with Crippen LogP contribution in [0.2, 0.25) is 0 Å². The Morgan fingerprint density at radius 2 is 1.86 bits per heavy atom. The van der Waals surface area contributed by atoms with Crippen LogP contribution in [0, 0.1) is 6.92 Å². The molecule has 1 aliphatic rings.